The molecule has 17 heavy (non-hydrogen) atoms. The third kappa shape index (κ3) is 12.0. The highest BCUT2D eigenvalue weighted by atomic mass is 14.0. The highest BCUT2D eigenvalue weighted by molar-refractivity contribution is 5.00. The van der Waals surface area contributed by atoms with Crippen LogP contribution in [-0.2, 0) is 0 Å². The Morgan fingerprint density at radius 3 is 1.88 bits per heavy atom. The summed E-state index contributed by atoms with van der Waals surface area (Å²) in [5.41, 5.74) is 1.71. The Labute approximate surface area is 110 Å². The summed E-state index contributed by atoms with van der Waals surface area (Å²) in [6.45, 7) is 6.88. The van der Waals surface area contributed by atoms with Gasteiger partial charge in [0.15, 0.2) is 0 Å². The second-order valence-electron chi connectivity index (χ2n) is 5.23. The van der Waals surface area contributed by atoms with Crippen LogP contribution in [0.25, 0.3) is 0 Å². The predicted molar refractivity (Wildman–Crippen MR) is 80.5 cm³/mol. The minimum Gasteiger partial charge on any atom is -0.0853 e. The van der Waals surface area contributed by atoms with E-state index in [4.69, 9.17) is 0 Å². The predicted octanol–water partition coefficient (Wildman–Crippen LogP) is 6.65. The summed E-state index contributed by atoms with van der Waals surface area (Å²) in [7, 11) is 0. The van der Waals surface area contributed by atoms with Gasteiger partial charge in [0.25, 0.3) is 0 Å². The average molecular weight is 238 g/mol. The molecule has 0 atom stereocenters. The Morgan fingerprint density at radius 2 is 1.29 bits per heavy atom. The second kappa shape index (κ2) is 13.8. The van der Waals surface area contributed by atoms with E-state index < -0.39 is 0 Å². The van der Waals surface area contributed by atoms with E-state index in [1.54, 1.807) is 5.57 Å². The molecule has 0 aromatic carbocycles. The lowest BCUT2D eigenvalue weighted by Gasteiger charge is -2.05. The molecule has 0 aliphatic carbocycles. The summed E-state index contributed by atoms with van der Waals surface area (Å²) in [6, 6.07) is 0. The molecule has 0 bridgehead atoms. The maximum atomic E-state index is 2.53. The van der Waals surface area contributed by atoms with E-state index >= 15 is 0 Å². The van der Waals surface area contributed by atoms with Crippen molar-refractivity contribution < 1.29 is 0 Å². The van der Waals surface area contributed by atoms with Crippen LogP contribution in [0.4, 0.5) is 0 Å². The van der Waals surface area contributed by atoms with Crippen molar-refractivity contribution in [3.63, 3.8) is 0 Å². The first-order valence-electron chi connectivity index (χ1n) is 8.03. The lowest BCUT2D eigenvalue weighted by atomic mass is 10.0. The van der Waals surface area contributed by atoms with Crippen LogP contribution in [0.5, 0.6) is 0 Å². The van der Waals surface area contributed by atoms with Gasteiger partial charge in [-0.05, 0) is 32.1 Å². The topological polar surface area (TPSA) is 0 Å². The largest absolute Gasteiger partial charge is 0.0853 e. The minimum atomic E-state index is 1.26. The third-order valence-corrected chi connectivity index (χ3v) is 3.55. The highest BCUT2D eigenvalue weighted by Gasteiger charge is 1.95. The Kier molecular flexibility index (Phi) is 13.6. The number of hydrogen-bond acceptors (Lipinski definition) is 0. The Hall–Kier alpha value is -0.260. The van der Waals surface area contributed by atoms with Crippen LogP contribution in [0.1, 0.15) is 97.8 Å². The van der Waals surface area contributed by atoms with E-state index in [-0.39, 0.29) is 0 Å². The smallest absolute Gasteiger partial charge is 0.0320 e. The molecule has 0 aromatic rings. The molecule has 0 radical (unpaired) electrons. The lowest BCUT2D eigenvalue weighted by Crippen LogP contribution is -1.85. The van der Waals surface area contributed by atoms with Crippen molar-refractivity contribution in [1.82, 2.24) is 0 Å². The maximum absolute atomic E-state index is 2.53. The first kappa shape index (κ1) is 16.7. The van der Waals surface area contributed by atoms with Crippen molar-refractivity contribution in [1.29, 1.82) is 0 Å². The summed E-state index contributed by atoms with van der Waals surface area (Å²) >= 11 is 0. The third-order valence-electron chi connectivity index (χ3n) is 3.55. The summed E-state index contributed by atoms with van der Waals surface area (Å²) in [4.78, 5) is 0. The Bertz CT molecular complexity index is 167. The SMILES string of the molecule is CCCCCCC/C=C(/CC)CCCCCC. The molecule has 0 N–H and O–H groups in total. The maximum Gasteiger partial charge on any atom is -0.0320 e. The molecule has 0 amide bonds. The summed E-state index contributed by atoms with van der Waals surface area (Å²) in [5, 5.41) is 0. The zero-order valence-corrected chi connectivity index (χ0v) is 12.6. The van der Waals surface area contributed by atoms with Gasteiger partial charge in [-0.1, -0.05) is 77.4 Å². The molecule has 0 saturated heterocycles. The zero-order chi connectivity index (χ0) is 12.8. The van der Waals surface area contributed by atoms with Crippen LogP contribution in [0.15, 0.2) is 11.6 Å². The molecule has 0 heteroatoms. The molecule has 0 aliphatic heterocycles. The van der Waals surface area contributed by atoms with Gasteiger partial charge in [0.05, 0.1) is 0 Å². The summed E-state index contributed by atoms with van der Waals surface area (Å²) in [6.07, 6.45) is 19.1. The number of hydrogen-bond donors (Lipinski definition) is 0. The first-order chi connectivity index (χ1) is 8.35. The van der Waals surface area contributed by atoms with Crippen molar-refractivity contribution in [3.05, 3.63) is 11.6 Å². The fourth-order valence-corrected chi connectivity index (χ4v) is 2.26. The molecular formula is C17H34. The van der Waals surface area contributed by atoms with E-state index in [2.05, 4.69) is 26.8 Å². The van der Waals surface area contributed by atoms with Crippen LogP contribution in [0.3, 0.4) is 0 Å². The van der Waals surface area contributed by atoms with Gasteiger partial charge in [-0.25, -0.2) is 0 Å². The molecule has 0 spiro atoms. The summed E-state index contributed by atoms with van der Waals surface area (Å²) < 4.78 is 0. The molecule has 0 saturated carbocycles. The summed E-state index contributed by atoms with van der Waals surface area (Å²) in [5.74, 6) is 0. The van der Waals surface area contributed by atoms with Crippen LogP contribution in [0, 0.1) is 0 Å². The van der Waals surface area contributed by atoms with E-state index in [0.717, 1.165) is 0 Å². The number of rotatable bonds is 12. The molecule has 0 fully saturated rings. The average Bonchev–Trinajstić information content (AvgIpc) is 2.36. The lowest BCUT2D eigenvalue weighted by molar-refractivity contribution is 0.631. The van der Waals surface area contributed by atoms with Crippen molar-refractivity contribution in [3.8, 4) is 0 Å². The second-order valence-corrected chi connectivity index (χ2v) is 5.23. The molecule has 0 heterocycles. The van der Waals surface area contributed by atoms with Gasteiger partial charge in [0.1, 0.15) is 0 Å². The Balaban J connectivity index is 3.48. The standard InChI is InChI=1S/C17H34/c1-4-7-9-11-12-14-16-17(6-3)15-13-10-8-5-2/h16H,4-15H2,1-3H3/b17-16-. The van der Waals surface area contributed by atoms with Gasteiger partial charge in [-0.2, -0.15) is 0 Å². The van der Waals surface area contributed by atoms with Gasteiger partial charge >= 0.3 is 0 Å². The quantitative estimate of drug-likeness (QED) is 0.263. The van der Waals surface area contributed by atoms with Crippen molar-refractivity contribution >= 4 is 0 Å². The van der Waals surface area contributed by atoms with Crippen molar-refractivity contribution in [2.24, 2.45) is 0 Å². The fourth-order valence-electron chi connectivity index (χ4n) is 2.26. The van der Waals surface area contributed by atoms with Crippen LogP contribution >= 0.6 is 0 Å². The molecule has 102 valence electrons. The minimum absolute atomic E-state index is 1.26. The van der Waals surface area contributed by atoms with Crippen molar-refractivity contribution in [2.45, 2.75) is 97.8 Å². The van der Waals surface area contributed by atoms with Gasteiger partial charge < -0.3 is 0 Å². The molecule has 0 aromatic heterocycles. The molecule has 0 rings (SSSR count). The van der Waals surface area contributed by atoms with Gasteiger partial charge in [0, 0.05) is 0 Å². The first-order valence-corrected chi connectivity index (χ1v) is 8.03. The van der Waals surface area contributed by atoms with E-state index in [1.807, 2.05) is 0 Å². The Morgan fingerprint density at radius 1 is 0.706 bits per heavy atom. The van der Waals surface area contributed by atoms with Crippen molar-refractivity contribution in [2.75, 3.05) is 0 Å². The number of allylic oxidation sites excluding steroid dienone is 2. The molecule has 0 aliphatic rings. The van der Waals surface area contributed by atoms with Crippen LogP contribution in [0.2, 0.25) is 0 Å². The normalized spacial score (nSPS) is 12.1. The molecule has 0 unspecified atom stereocenters. The van der Waals surface area contributed by atoms with Crippen LogP contribution in [-0.4, -0.2) is 0 Å². The van der Waals surface area contributed by atoms with E-state index in [9.17, 15) is 0 Å². The zero-order valence-electron chi connectivity index (χ0n) is 12.6. The fraction of sp³-hybridized carbons (Fsp3) is 0.882. The van der Waals surface area contributed by atoms with E-state index in [0.29, 0.717) is 0 Å². The van der Waals surface area contributed by atoms with E-state index in [1.165, 1.54) is 77.0 Å². The van der Waals surface area contributed by atoms with Gasteiger partial charge in [-0.3, -0.25) is 0 Å². The monoisotopic (exact) mass is 238 g/mol. The van der Waals surface area contributed by atoms with Crippen LogP contribution < -0.4 is 0 Å². The van der Waals surface area contributed by atoms with Gasteiger partial charge in [0.2, 0.25) is 0 Å². The highest BCUT2D eigenvalue weighted by Crippen LogP contribution is 2.15. The molecular weight excluding hydrogens is 204 g/mol. The van der Waals surface area contributed by atoms with Gasteiger partial charge in [-0.15, -0.1) is 0 Å². The number of unbranched alkanes of at least 4 members (excludes halogenated alkanes) is 8. The molecule has 0 nitrogen and oxygen atoms in total.